The van der Waals surface area contributed by atoms with E-state index in [1.165, 1.54) is 17.7 Å². The molecule has 0 aromatic heterocycles. The third kappa shape index (κ3) is 6.77. The van der Waals surface area contributed by atoms with Crippen LogP contribution in [0.5, 0.6) is 0 Å². The Balaban J connectivity index is 0.00000338. The van der Waals surface area contributed by atoms with E-state index in [-0.39, 0.29) is 48.4 Å². The van der Waals surface area contributed by atoms with E-state index >= 15 is 0 Å². The summed E-state index contributed by atoms with van der Waals surface area (Å²) in [6, 6.07) is 0.163. The minimum atomic E-state index is -0.0517. The normalized spacial score (nSPS) is 20.5. The molecule has 26 heavy (non-hydrogen) atoms. The Morgan fingerprint density at radius 2 is 1.96 bits per heavy atom. The average molecular weight is 477 g/mol. The van der Waals surface area contributed by atoms with Crippen LogP contribution in [0.1, 0.15) is 32.1 Å². The molecule has 0 aromatic rings. The lowest BCUT2D eigenvalue weighted by atomic mass is 10.1. The Morgan fingerprint density at radius 3 is 2.58 bits per heavy atom. The molecule has 2 fully saturated rings. The molecule has 1 aliphatic heterocycles. The van der Waals surface area contributed by atoms with Crippen LogP contribution < -0.4 is 10.6 Å². The first kappa shape index (κ1) is 22.7. The maximum Gasteiger partial charge on any atom is 0.243 e. The summed E-state index contributed by atoms with van der Waals surface area (Å²) in [5.41, 5.74) is 0. The fourth-order valence-electron chi connectivity index (χ4n) is 3.31. The zero-order valence-electron chi connectivity index (χ0n) is 15.9. The molecule has 0 bridgehead atoms. The number of likely N-dealkylation sites (tertiary alicyclic amines) is 1. The highest BCUT2D eigenvalue weighted by Gasteiger charge is 2.32. The van der Waals surface area contributed by atoms with Gasteiger partial charge in [0.25, 0.3) is 0 Å². The standard InChI is InChI=1S/C18H31N5O2.HI/c1-4-10-19-18(20-12-16(24)22(2)3)21-15-9-11-23(13-15)17(25)14-7-5-6-8-14;/h4,14-15H,1,5-13H2,2-3H3,(H2,19,20,21);1H. The monoisotopic (exact) mass is 477 g/mol. The second-order valence-electron chi connectivity index (χ2n) is 7.02. The maximum absolute atomic E-state index is 12.5. The van der Waals surface area contributed by atoms with Gasteiger partial charge in [-0.05, 0) is 19.3 Å². The lowest BCUT2D eigenvalue weighted by Gasteiger charge is -2.21. The quantitative estimate of drug-likeness (QED) is 0.261. The predicted octanol–water partition coefficient (Wildman–Crippen LogP) is 1.20. The molecule has 0 aromatic carbocycles. The van der Waals surface area contributed by atoms with Gasteiger partial charge < -0.3 is 20.4 Å². The van der Waals surface area contributed by atoms with Gasteiger partial charge in [-0.15, -0.1) is 30.6 Å². The molecule has 148 valence electrons. The number of amides is 2. The number of hydrogen-bond donors (Lipinski definition) is 2. The van der Waals surface area contributed by atoms with Crippen molar-refractivity contribution in [1.29, 1.82) is 0 Å². The van der Waals surface area contributed by atoms with Crippen LogP contribution in [0.4, 0.5) is 0 Å². The summed E-state index contributed by atoms with van der Waals surface area (Å²) in [6.45, 7) is 5.85. The van der Waals surface area contributed by atoms with Gasteiger partial charge in [0.05, 0.1) is 0 Å². The summed E-state index contributed by atoms with van der Waals surface area (Å²) in [6.07, 6.45) is 7.06. The summed E-state index contributed by atoms with van der Waals surface area (Å²) < 4.78 is 0. The summed E-state index contributed by atoms with van der Waals surface area (Å²) in [4.78, 5) is 32.1. The topological polar surface area (TPSA) is 77.0 Å². The lowest BCUT2D eigenvalue weighted by Crippen LogP contribution is -2.46. The Morgan fingerprint density at radius 1 is 1.27 bits per heavy atom. The van der Waals surface area contributed by atoms with Crippen molar-refractivity contribution in [3.05, 3.63) is 12.7 Å². The van der Waals surface area contributed by atoms with Crippen molar-refractivity contribution >= 4 is 41.8 Å². The van der Waals surface area contributed by atoms with Gasteiger partial charge in [-0.25, -0.2) is 4.99 Å². The predicted molar refractivity (Wildman–Crippen MR) is 115 cm³/mol. The fourth-order valence-corrected chi connectivity index (χ4v) is 3.31. The molecule has 2 N–H and O–H groups in total. The Labute approximate surface area is 173 Å². The molecular weight excluding hydrogens is 445 g/mol. The average Bonchev–Trinajstić information content (AvgIpc) is 3.28. The van der Waals surface area contributed by atoms with E-state index in [2.05, 4.69) is 22.2 Å². The summed E-state index contributed by atoms with van der Waals surface area (Å²) >= 11 is 0. The largest absolute Gasteiger partial charge is 0.353 e. The SMILES string of the molecule is C=CCNC(=NCC(=O)N(C)C)NC1CCN(C(=O)C2CCCC2)C1.I. The number of guanidine groups is 1. The van der Waals surface area contributed by atoms with Gasteiger partial charge >= 0.3 is 0 Å². The first-order valence-corrected chi connectivity index (χ1v) is 9.16. The number of likely N-dealkylation sites (N-methyl/N-ethyl adjacent to an activating group) is 1. The van der Waals surface area contributed by atoms with Crippen molar-refractivity contribution in [2.24, 2.45) is 10.9 Å². The van der Waals surface area contributed by atoms with Crippen LogP contribution in [0.25, 0.3) is 0 Å². The molecule has 1 saturated heterocycles. The molecule has 1 heterocycles. The molecule has 0 radical (unpaired) electrons. The Hall–Kier alpha value is -1.32. The van der Waals surface area contributed by atoms with Gasteiger partial charge in [-0.1, -0.05) is 18.9 Å². The van der Waals surface area contributed by atoms with Gasteiger partial charge in [0.15, 0.2) is 5.96 Å². The van der Waals surface area contributed by atoms with Gasteiger partial charge in [0.1, 0.15) is 6.54 Å². The van der Waals surface area contributed by atoms with Crippen LogP contribution in [-0.2, 0) is 9.59 Å². The molecular formula is C18H32IN5O2. The smallest absolute Gasteiger partial charge is 0.243 e. The summed E-state index contributed by atoms with van der Waals surface area (Å²) in [5.74, 6) is 1.07. The second-order valence-corrected chi connectivity index (χ2v) is 7.02. The van der Waals surface area contributed by atoms with E-state index in [1.54, 1.807) is 20.2 Å². The Kier molecular flexibility index (Phi) is 9.97. The van der Waals surface area contributed by atoms with Gasteiger partial charge in [0, 0.05) is 45.7 Å². The van der Waals surface area contributed by atoms with E-state index in [1.807, 2.05) is 4.90 Å². The second kappa shape index (κ2) is 11.4. The first-order valence-electron chi connectivity index (χ1n) is 9.16. The molecule has 1 aliphatic carbocycles. The number of aliphatic imine (C=N–C) groups is 1. The van der Waals surface area contributed by atoms with Crippen molar-refractivity contribution in [3.8, 4) is 0 Å². The zero-order valence-corrected chi connectivity index (χ0v) is 18.2. The number of carbonyl (C=O) groups is 2. The molecule has 7 nitrogen and oxygen atoms in total. The minimum Gasteiger partial charge on any atom is -0.353 e. The van der Waals surface area contributed by atoms with Crippen LogP contribution in [0, 0.1) is 5.92 Å². The van der Waals surface area contributed by atoms with Crippen LogP contribution in [0.2, 0.25) is 0 Å². The van der Waals surface area contributed by atoms with Crippen molar-refractivity contribution in [2.75, 3.05) is 40.3 Å². The highest BCUT2D eigenvalue weighted by Crippen LogP contribution is 2.27. The molecule has 1 atom stereocenters. The highest BCUT2D eigenvalue weighted by molar-refractivity contribution is 14.0. The Bertz CT molecular complexity index is 518. The number of carbonyl (C=O) groups excluding carboxylic acids is 2. The van der Waals surface area contributed by atoms with Gasteiger partial charge in [-0.3, -0.25) is 9.59 Å². The number of halogens is 1. The van der Waals surface area contributed by atoms with Gasteiger partial charge in [-0.2, -0.15) is 0 Å². The van der Waals surface area contributed by atoms with Crippen molar-refractivity contribution in [2.45, 2.75) is 38.1 Å². The molecule has 2 amide bonds. The highest BCUT2D eigenvalue weighted by atomic mass is 127. The molecule has 1 saturated carbocycles. The maximum atomic E-state index is 12.5. The number of rotatable bonds is 6. The van der Waals surface area contributed by atoms with E-state index in [0.29, 0.717) is 25.0 Å². The number of hydrogen-bond acceptors (Lipinski definition) is 3. The van der Waals surface area contributed by atoms with E-state index in [9.17, 15) is 9.59 Å². The van der Waals surface area contributed by atoms with Gasteiger partial charge in [0.2, 0.25) is 11.8 Å². The zero-order chi connectivity index (χ0) is 18.2. The van der Waals surface area contributed by atoms with Crippen molar-refractivity contribution in [1.82, 2.24) is 20.4 Å². The number of nitrogens with zero attached hydrogens (tertiary/aromatic N) is 3. The molecule has 8 heteroatoms. The molecule has 2 aliphatic rings. The summed E-state index contributed by atoms with van der Waals surface area (Å²) in [7, 11) is 3.43. The van der Waals surface area contributed by atoms with Crippen molar-refractivity contribution < 1.29 is 9.59 Å². The van der Waals surface area contributed by atoms with Crippen LogP contribution in [0.15, 0.2) is 17.6 Å². The first-order chi connectivity index (χ1) is 12.0. The van der Waals surface area contributed by atoms with E-state index < -0.39 is 0 Å². The number of nitrogens with one attached hydrogen (secondary N) is 2. The van der Waals surface area contributed by atoms with Crippen LogP contribution >= 0.6 is 24.0 Å². The van der Waals surface area contributed by atoms with Crippen LogP contribution in [0.3, 0.4) is 0 Å². The molecule has 0 spiro atoms. The van der Waals surface area contributed by atoms with E-state index in [4.69, 9.17) is 0 Å². The minimum absolute atomic E-state index is 0. The third-order valence-corrected chi connectivity index (χ3v) is 4.83. The van der Waals surface area contributed by atoms with Crippen molar-refractivity contribution in [3.63, 3.8) is 0 Å². The van der Waals surface area contributed by atoms with Crippen LogP contribution in [-0.4, -0.2) is 73.9 Å². The fraction of sp³-hybridized carbons (Fsp3) is 0.722. The summed E-state index contributed by atoms with van der Waals surface area (Å²) in [5, 5.41) is 6.48. The molecule has 1 unspecified atom stereocenters. The van der Waals surface area contributed by atoms with E-state index in [0.717, 1.165) is 25.8 Å². The molecule has 2 rings (SSSR count). The third-order valence-electron chi connectivity index (χ3n) is 4.83. The lowest BCUT2D eigenvalue weighted by molar-refractivity contribution is -0.134.